The van der Waals surface area contributed by atoms with E-state index in [1.165, 1.54) is 26.2 Å². The number of hydrogen-bond acceptors (Lipinski definition) is 6. The van der Waals surface area contributed by atoms with Gasteiger partial charge in [0.15, 0.2) is 5.76 Å². The van der Waals surface area contributed by atoms with Crippen molar-refractivity contribution in [2.45, 2.75) is 37.6 Å². The number of furan rings is 1. The predicted molar refractivity (Wildman–Crippen MR) is 110 cm³/mol. The third-order valence-corrected chi connectivity index (χ3v) is 6.49. The van der Waals surface area contributed by atoms with Crippen LogP contribution in [0.4, 0.5) is 4.79 Å². The largest absolute Gasteiger partial charge is 0.438 e. The van der Waals surface area contributed by atoms with Gasteiger partial charge in [0.05, 0.1) is 6.54 Å². The maximum absolute atomic E-state index is 12.3. The molecule has 0 radical (unpaired) electrons. The van der Waals surface area contributed by atoms with Crippen molar-refractivity contribution in [2.24, 2.45) is 0 Å². The van der Waals surface area contributed by atoms with E-state index in [4.69, 9.17) is 4.42 Å². The van der Waals surface area contributed by atoms with Crippen LogP contribution in [0.5, 0.6) is 0 Å². The minimum absolute atomic E-state index is 0.113. The van der Waals surface area contributed by atoms with Crippen LogP contribution in [0.25, 0.3) is 0 Å². The summed E-state index contributed by atoms with van der Waals surface area (Å²) in [5.41, 5.74) is 0.627. The van der Waals surface area contributed by atoms with Crippen molar-refractivity contribution in [2.75, 3.05) is 14.1 Å². The number of benzene rings is 1. The first-order chi connectivity index (χ1) is 14.4. The number of rotatable bonds is 7. The summed E-state index contributed by atoms with van der Waals surface area (Å²) in [4.78, 5) is 37.7. The Hall–Kier alpha value is -3.18. The molecule has 2 heterocycles. The van der Waals surface area contributed by atoms with E-state index >= 15 is 0 Å². The van der Waals surface area contributed by atoms with E-state index in [-0.39, 0.29) is 29.8 Å². The number of sulfonamides is 1. The molecule has 166 valence electrons. The Morgan fingerprint density at radius 3 is 2.26 bits per heavy atom. The Balaban J connectivity index is 1.59. The highest BCUT2D eigenvalue weighted by Crippen LogP contribution is 2.20. The fourth-order valence-electron chi connectivity index (χ4n) is 2.94. The van der Waals surface area contributed by atoms with Crippen molar-refractivity contribution < 1.29 is 27.2 Å². The summed E-state index contributed by atoms with van der Waals surface area (Å²) in [6.45, 7) is 3.63. The van der Waals surface area contributed by atoms with Gasteiger partial charge >= 0.3 is 6.03 Å². The SMILES string of the molecule is CN(C)S(=O)(=O)c1ccc(C(=O)NCc2ccc(CN3C(=O)NC(C)(C)C3=O)cc2)o1. The molecule has 1 aliphatic rings. The van der Waals surface area contributed by atoms with Crippen molar-refractivity contribution in [1.29, 1.82) is 0 Å². The van der Waals surface area contributed by atoms with Gasteiger partial charge in [0.2, 0.25) is 5.09 Å². The van der Waals surface area contributed by atoms with Gasteiger partial charge in [-0.1, -0.05) is 24.3 Å². The highest BCUT2D eigenvalue weighted by molar-refractivity contribution is 7.88. The molecule has 0 spiro atoms. The normalized spacial score (nSPS) is 16.0. The Labute approximate surface area is 180 Å². The van der Waals surface area contributed by atoms with E-state index in [9.17, 15) is 22.8 Å². The van der Waals surface area contributed by atoms with Gasteiger partial charge in [-0.3, -0.25) is 14.5 Å². The molecule has 0 atom stereocenters. The quantitative estimate of drug-likeness (QED) is 0.614. The van der Waals surface area contributed by atoms with E-state index in [0.29, 0.717) is 0 Å². The number of urea groups is 1. The first kappa shape index (κ1) is 22.5. The van der Waals surface area contributed by atoms with Gasteiger partial charge in [-0.2, -0.15) is 0 Å². The topological polar surface area (TPSA) is 129 Å². The zero-order valence-electron chi connectivity index (χ0n) is 17.6. The summed E-state index contributed by atoms with van der Waals surface area (Å²) < 4.78 is 30.2. The van der Waals surface area contributed by atoms with Crippen molar-refractivity contribution >= 4 is 27.9 Å². The average Bonchev–Trinajstić information content (AvgIpc) is 3.27. The number of carbonyl (C=O) groups excluding carboxylic acids is 3. The van der Waals surface area contributed by atoms with Crippen molar-refractivity contribution in [1.82, 2.24) is 19.8 Å². The molecule has 1 saturated heterocycles. The molecule has 0 bridgehead atoms. The summed E-state index contributed by atoms with van der Waals surface area (Å²) in [5, 5.41) is 4.98. The van der Waals surface area contributed by atoms with Gasteiger partial charge in [0.1, 0.15) is 5.54 Å². The predicted octanol–water partition coefficient (Wildman–Crippen LogP) is 1.29. The van der Waals surface area contributed by atoms with Crippen LogP contribution in [0.15, 0.2) is 45.9 Å². The van der Waals surface area contributed by atoms with E-state index in [2.05, 4.69) is 10.6 Å². The molecule has 2 aromatic rings. The summed E-state index contributed by atoms with van der Waals surface area (Å²) >= 11 is 0. The maximum atomic E-state index is 12.3. The van der Waals surface area contributed by atoms with E-state index in [1.807, 2.05) is 0 Å². The summed E-state index contributed by atoms with van der Waals surface area (Å²) in [7, 11) is -1.02. The third-order valence-electron chi connectivity index (χ3n) is 4.80. The Morgan fingerprint density at radius 1 is 1.10 bits per heavy atom. The van der Waals surface area contributed by atoms with Crippen LogP contribution in [-0.4, -0.2) is 55.1 Å². The van der Waals surface area contributed by atoms with E-state index in [0.717, 1.165) is 20.3 Å². The third kappa shape index (κ3) is 4.62. The zero-order valence-corrected chi connectivity index (χ0v) is 18.4. The van der Waals surface area contributed by atoms with Crippen molar-refractivity contribution in [3.8, 4) is 0 Å². The van der Waals surface area contributed by atoms with Crippen LogP contribution in [0.1, 0.15) is 35.5 Å². The minimum Gasteiger partial charge on any atom is -0.438 e. The molecule has 1 aromatic carbocycles. The van der Waals surface area contributed by atoms with Crippen LogP contribution < -0.4 is 10.6 Å². The lowest BCUT2D eigenvalue weighted by Crippen LogP contribution is -2.40. The molecule has 1 aliphatic heterocycles. The highest BCUT2D eigenvalue weighted by atomic mass is 32.2. The highest BCUT2D eigenvalue weighted by Gasteiger charge is 2.44. The second-order valence-electron chi connectivity index (χ2n) is 7.85. The first-order valence-electron chi connectivity index (χ1n) is 9.44. The van der Waals surface area contributed by atoms with Gasteiger partial charge in [-0.05, 0) is 37.1 Å². The number of nitrogens with zero attached hydrogens (tertiary/aromatic N) is 2. The Morgan fingerprint density at radius 2 is 1.71 bits per heavy atom. The number of nitrogens with one attached hydrogen (secondary N) is 2. The fourth-order valence-corrected chi connectivity index (χ4v) is 3.73. The van der Waals surface area contributed by atoms with Gasteiger partial charge < -0.3 is 15.1 Å². The van der Waals surface area contributed by atoms with Gasteiger partial charge in [0.25, 0.3) is 21.8 Å². The Bertz CT molecular complexity index is 1120. The molecule has 1 fully saturated rings. The van der Waals surface area contributed by atoms with Crippen LogP contribution in [0.3, 0.4) is 0 Å². The number of carbonyl (C=O) groups is 3. The van der Waals surface area contributed by atoms with Gasteiger partial charge in [-0.25, -0.2) is 17.5 Å². The second kappa shape index (κ2) is 8.16. The molecule has 31 heavy (non-hydrogen) atoms. The van der Waals surface area contributed by atoms with E-state index in [1.54, 1.807) is 38.1 Å². The molecule has 2 N–H and O–H groups in total. The standard InChI is InChI=1S/C20H24N4O6S/c1-20(2)18(26)24(19(27)22-20)12-14-7-5-13(6-8-14)11-21-17(25)15-9-10-16(30-15)31(28,29)23(3)4/h5-10H,11-12H2,1-4H3,(H,21,25)(H,22,27). The average molecular weight is 449 g/mol. The lowest BCUT2D eigenvalue weighted by Gasteiger charge is -2.16. The molecule has 4 amide bonds. The number of amides is 4. The van der Waals surface area contributed by atoms with Crippen molar-refractivity contribution in [3.63, 3.8) is 0 Å². The Kier molecular flexibility index (Phi) is 5.92. The van der Waals surface area contributed by atoms with E-state index < -0.39 is 27.5 Å². The van der Waals surface area contributed by atoms with Gasteiger partial charge in [-0.15, -0.1) is 0 Å². The van der Waals surface area contributed by atoms with Crippen molar-refractivity contribution in [3.05, 3.63) is 53.3 Å². The molecule has 0 aliphatic carbocycles. The van der Waals surface area contributed by atoms with Crippen LogP contribution in [-0.2, 0) is 27.9 Å². The minimum atomic E-state index is -3.76. The zero-order chi connectivity index (χ0) is 23.0. The molecular weight excluding hydrogens is 424 g/mol. The smallest absolute Gasteiger partial charge is 0.325 e. The molecule has 1 aromatic heterocycles. The van der Waals surface area contributed by atoms with Crippen LogP contribution in [0.2, 0.25) is 0 Å². The fraction of sp³-hybridized carbons (Fsp3) is 0.350. The summed E-state index contributed by atoms with van der Waals surface area (Å²) in [5.74, 6) is -0.952. The molecule has 0 saturated carbocycles. The molecule has 0 unspecified atom stereocenters. The van der Waals surface area contributed by atoms with Crippen LogP contribution >= 0.6 is 0 Å². The maximum Gasteiger partial charge on any atom is 0.325 e. The molecule has 3 rings (SSSR count). The monoisotopic (exact) mass is 448 g/mol. The first-order valence-corrected chi connectivity index (χ1v) is 10.9. The summed E-state index contributed by atoms with van der Waals surface area (Å²) in [6, 6.07) is 9.17. The van der Waals surface area contributed by atoms with Crippen LogP contribution in [0, 0.1) is 0 Å². The lowest BCUT2D eigenvalue weighted by molar-refractivity contribution is -0.130. The summed E-state index contributed by atoms with van der Waals surface area (Å²) in [6.07, 6.45) is 0. The lowest BCUT2D eigenvalue weighted by atomic mass is 10.1. The number of imide groups is 1. The van der Waals surface area contributed by atoms with Gasteiger partial charge in [0, 0.05) is 20.6 Å². The number of hydrogen-bond donors (Lipinski definition) is 2. The molecule has 10 nitrogen and oxygen atoms in total. The second-order valence-corrected chi connectivity index (χ2v) is 9.93. The molecular formula is C20H24N4O6S. The molecule has 11 heteroatoms.